The van der Waals surface area contributed by atoms with Crippen LogP contribution in [0.5, 0.6) is 0 Å². The van der Waals surface area contributed by atoms with E-state index in [1.807, 2.05) is 19.1 Å². The highest BCUT2D eigenvalue weighted by Crippen LogP contribution is 2.35. The number of aryl methyl sites for hydroxylation is 1. The Morgan fingerprint density at radius 1 is 1.33 bits per heavy atom. The highest BCUT2D eigenvalue weighted by Gasteiger charge is 2.17. The molecule has 0 saturated carbocycles. The average molecular weight is 322 g/mol. The fourth-order valence-corrected chi connectivity index (χ4v) is 3.07. The third-order valence-corrected chi connectivity index (χ3v) is 4.48. The van der Waals surface area contributed by atoms with Crippen LogP contribution in [0, 0.1) is 6.92 Å². The largest absolute Gasteiger partial charge is 0.387 e. The van der Waals surface area contributed by atoms with E-state index in [1.54, 1.807) is 0 Å². The summed E-state index contributed by atoms with van der Waals surface area (Å²) in [6.07, 6.45) is 1.07. The molecule has 1 aliphatic heterocycles. The normalized spacial score (nSPS) is 16.0. The molecule has 0 bridgehead atoms. The number of nitrogens with zero attached hydrogens (tertiary/aromatic N) is 2. The molecule has 1 saturated heterocycles. The van der Waals surface area contributed by atoms with Crippen molar-refractivity contribution in [3.63, 3.8) is 0 Å². The van der Waals surface area contributed by atoms with E-state index in [-0.39, 0.29) is 0 Å². The molecule has 3 nitrogen and oxygen atoms in total. The van der Waals surface area contributed by atoms with E-state index in [4.69, 9.17) is 23.2 Å². The zero-order chi connectivity index (χ0) is 15.0. The maximum absolute atomic E-state index is 6.33. The van der Waals surface area contributed by atoms with Gasteiger partial charge >= 0.3 is 0 Å². The van der Waals surface area contributed by atoms with E-state index in [0.717, 1.165) is 54.0 Å². The van der Waals surface area contributed by atoms with Crippen LogP contribution in [-0.2, 0) is 0 Å². The van der Waals surface area contributed by atoms with E-state index < -0.39 is 0 Å². The summed E-state index contributed by atoms with van der Waals surface area (Å²) in [5.74, 6) is 0. The monoisotopic (exact) mass is 321 g/mol. The Bertz CT molecular complexity index is 712. The molecule has 2 heterocycles. The van der Waals surface area contributed by atoms with Crippen molar-refractivity contribution in [2.75, 3.05) is 24.5 Å². The summed E-state index contributed by atoms with van der Waals surface area (Å²) in [5, 5.41) is 5.42. The Hall–Kier alpha value is -1.45. The van der Waals surface area contributed by atoms with Gasteiger partial charge in [-0.1, -0.05) is 29.8 Å². The lowest BCUT2D eigenvalue weighted by atomic mass is 10.1. The molecule has 1 aromatic carbocycles. The topological polar surface area (TPSA) is 28.2 Å². The second kappa shape index (κ2) is 5.74. The predicted octanol–water partition coefficient (Wildman–Crippen LogP) is 4.16. The van der Waals surface area contributed by atoms with E-state index in [9.17, 15) is 0 Å². The zero-order valence-corrected chi connectivity index (χ0v) is 13.4. The number of rotatable bonds is 1. The van der Waals surface area contributed by atoms with Crippen molar-refractivity contribution >= 4 is 39.8 Å². The first-order valence-electron chi connectivity index (χ1n) is 6.98. The number of benzene rings is 1. The smallest absolute Gasteiger partial charge is 0.0927 e. The zero-order valence-electron chi connectivity index (χ0n) is 11.9. The molecule has 2 aromatic rings. The number of hydrogen-bond acceptors (Lipinski definition) is 3. The van der Waals surface area contributed by atoms with Crippen LogP contribution >= 0.6 is 23.2 Å². The molecular formula is C16H17Cl2N3. The second-order valence-corrected chi connectivity index (χ2v) is 6.13. The number of nitrogens with one attached hydrogen (secondary N) is 1. The van der Waals surface area contributed by atoms with Crippen LogP contribution < -0.4 is 10.2 Å². The number of fused-ring (bicyclic) bond motifs is 1. The number of hydrogen-bond donors (Lipinski definition) is 1. The third-order valence-electron chi connectivity index (χ3n) is 3.68. The molecule has 0 aliphatic carbocycles. The fraction of sp³-hybridized carbons (Fsp3) is 0.312. The predicted molar refractivity (Wildman–Crippen MR) is 90.5 cm³/mol. The van der Waals surface area contributed by atoms with Gasteiger partial charge in [0.15, 0.2) is 0 Å². The summed E-state index contributed by atoms with van der Waals surface area (Å²) in [5.41, 5.74) is 3.88. The molecule has 0 atom stereocenters. The Labute approximate surface area is 134 Å². The molecular weight excluding hydrogens is 305 g/mol. The van der Waals surface area contributed by atoms with Crippen molar-refractivity contribution < 1.29 is 0 Å². The summed E-state index contributed by atoms with van der Waals surface area (Å²) < 4.78 is 0. The van der Waals surface area contributed by atoms with Gasteiger partial charge in [-0.25, -0.2) is 0 Å². The van der Waals surface area contributed by atoms with Gasteiger partial charge in [-0.2, -0.15) is 0 Å². The lowest BCUT2D eigenvalue weighted by Gasteiger charge is -2.25. The van der Waals surface area contributed by atoms with Gasteiger partial charge < -0.3 is 10.2 Å². The first-order chi connectivity index (χ1) is 10.1. The standard InChI is InChI=1S/C16H17Cl2N3/c1-10-8-14(21-7-3-6-19-11(2)9-21)12-4-5-13(17)15(18)16(12)20-10/h4-5,8,19H,2-3,6-7,9H2,1H3. The molecule has 3 rings (SSSR count). The SMILES string of the molecule is C=C1CN(c2cc(C)nc3c(Cl)c(Cl)ccc23)CCCN1. The van der Waals surface area contributed by atoms with Gasteiger partial charge in [0.25, 0.3) is 0 Å². The summed E-state index contributed by atoms with van der Waals surface area (Å²) in [4.78, 5) is 6.88. The molecule has 21 heavy (non-hydrogen) atoms. The number of halogens is 2. The Kier molecular flexibility index (Phi) is 3.96. The maximum Gasteiger partial charge on any atom is 0.0927 e. The van der Waals surface area contributed by atoms with Crippen LogP contribution in [-0.4, -0.2) is 24.6 Å². The molecule has 1 N–H and O–H groups in total. The molecule has 0 amide bonds. The van der Waals surface area contributed by atoms with E-state index in [2.05, 4.69) is 27.8 Å². The maximum atomic E-state index is 6.33. The second-order valence-electron chi connectivity index (χ2n) is 5.35. The fourth-order valence-electron chi connectivity index (χ4n) is 2.71. The molecule has 1 fully saturated rings. The van der Waals surface area contributed by atoms with Crippen molar-refractivity contribution in [1.82, 2.24) is 10.3 Å². The van der Waals surface area contributed by atoms with E-state index in [0.29, 0.717) is 10.0 Å². The summed E-state index contributed by atoms with van der Waals surface area (Å²) in [6.45, 7) is 8.78. The third kappa shape index (κ3) is 2.81. The van der Waals surface area contributed by atoms with Gasteiger partial charge in [0.2, 0.25) is 0 Å². The Morgan fingerprint density at radius 3 is 2.95 bits per heavy atom. The van der Waals surface area contributed by atoms with E-state index >= 15 is 0 Å². The van der Waals surface area contributed by atoms with Crippen molar-refractivity contribution in [1.29, 1.82) is 0 Å². The number of anilines is 1. The van der Waals surface area contributed by atoms with Crippen LogP contribution in [0.25, 0.3) is 10.9 Å². The van der Waals surface area contributed by atoms with Crippen molar-refractivity contribution in [3.8, 4) is 0 Å². The van der Waals surface area contributed by atoms with E-state index in [1.165, 1.54) is 0 Å². The molecule has 0 radical (unpaired) electrons. The van der Waals surface area contributed by atoms with Gasteiger partial charge in [-0.15, -0.1) is 0 Å². The quantitative estimate of drug-likeness (QED) is 0.854. The van der Waals surface area contributed by atoms with Crippen LogP contribution in [0.2, 0.25) is 10.0 Å². The Morgan fingerprint density at radius 2 is 2.14 bits per heavy atom. The minimum Gasteiger partial charge on any atom is -0.387 e. The Balaban J connectivity index is 2.17. The van der Waals surface area contributed by atoms with Crippen LogP contribution in [0.15, 0.2) is 30.5 Å². The van der Waals surface area contributed by atoms with Gasteiger partial charge in [-0.05, 0) is 31.5 Å². The lowest BCUT2D eigenvalue weighted by molar-refractivity contribution is 0.772. The van der Waals surface area contributed by atoms with Crippen molar-refractivity contribution in [2.24, 2.45) is 0 Å². The molecule has 1 aromatic heterocycles. The minimum absolute atomic E-state index is 0.519. The molecule has 0 unspecified atom stereocenters. The molecule has 5 heteroatoms. The van der Waals surface area contributed by atoms with Gasteiger partial charge in [0.1, 0.15) is 0 Å². The summed E-state index contributed by atoms with van der Waals surface area (Å²) >= 11 is 12.4. The summed E-state index contributed by atoms with van der Waals surface area (Å²) in [6, 6.07) is 5.93. The average Bonchev–Trinajstić information content (AvgIpc) is 2.67. The lowest BCUT2D eigenvalue weighted by Crippen LogP contribution is -2.26. The minimum atomic E-state index is 0.519. The molecule has 110 valence electrons. The first-order valence-corrected chi connectivity index (χ1v) is 7.74. The first kappa shape index (κ1) is 14.5. The van der Waals surface area contributed by atoms with Crippen molar-refractivity contribution in [3.05, 3.63) is 46.2 Å². The van der Waals surface area contributed by atoms with Crippen LogP contribution in [0.4, 0.5) is 5.69 Å². The molecule has 1 aliphatic rings. The summed E-state index contributed by atoms with van der Waals surface area (Å²) in [7, 11) is 0. The van der Waals surface area contributed by atoms with Crippen LogP contribution in [0.3, 0.4) is 0 Å². The van der Waals surface area contributed by atoms with Gasteiger partial charge in [0.05, 0.1) is 22.1 Å². The highest BCUT2D eigenvalue weighted by atomic mass is 35.5. The van der Waals surface area contributed by atoms with Crippen molar-refractivity contribution in [2.45, 2.75) is 13.3 Å². The molecule has 0 spiro atoms. The van der Waals surface area contributed by atoms with Gasteiger partial charge in [-0.3, -0.25) is 4.98 Å². The highest BCUT2D eigenvalue weighted by molar-refractivity contribution is 6.45. The van der Waals surface area contributed by atoms with Gasteiger partial charge in [0, 0.05) is 35.6 Å². The van der Waals surface area contributed by atoms with Crippen LogP contribution in [0.1, 0.15) is 12.1 Å². The number of aromatic nitrogens is 1. The number of pyridine rings is 1.